The van der Waals surface area contributed by atoms with Crippen LogP contribution in [0.3, 0.4) is 0 Å². The minimum Gasteiger partial charge on any atom is -0.367 e. The van der Waals surface area contributed by atoms with Crippen LogP contribution in [0.4, 0.5) is 0 Å². The van der Waals surface area contributed by atoms with E-state index in [9.17, 15) is 14.4 Å². The molecule has 0 aliphatic heterocycles. The van der Waals surface area contributed by atoms with E-state index in [-0.39, 0.29) is 28.8 Å². The summed E-state index contributed by atoms with van der Waals surface area (Å²) in [7, 11) is 0. The van der Waals surface area contributed by atoms with Gasteiger partial charge < -0.3 is 10.3 Å². The van der Waals surface area contributed by atoms with Crippen molar-refractivity contribution in [2.45, 2.75) is 6.54 Å². The van der Waals surface area contributed by atoms with Crippen LogP contribution in [0.25, 0.3) is 11.3 Å². The molecule has 0 unspecified atom stereocenters. The summed E-state index contributed by atoms with van der Waals surface area (Å²) < 4.78 is 0. The molecule has 0 saturated heterocycles. The van der Waals surface area contributed by atoms with Crippen LogP contribution >= 0.6 is 0 Å². The number of pyridine rings is 2. The molecule has 3 rings (SSSR count). The van der Waals surface area contributed by atoms with Gasteiger partial charge in [0, 0.05) is 24.7 Å². The average Bonchev–Trinajstić information content (AvgIpc) is 2.61. The summed E-state index contributed by atoms with van der Waals surface area (Å²) >= 11 is 0. The molecule has 24 heavy (non-hydrogen) atoms. The number of rotatable bonds is 4. The van der Waals surface area contributed by atoms with Crippen molar-refractivity contribution in [1.82, 2.24) is 25.5 Å². The number of carbonyl (C=O) groups is 1. The van der Waals surface area contributed by atoms with Gasteiger partial charge in [0.15, 0.2) is 5.43 Å². The molecule has 0 fully saturated rings. The van der Waals surface area contributed by atoms with Gasteiger partial charge in [-0.15, -0.1) is 0 Å². The zero-order chi connectivity index (χ0) is 16.9. The smallest absolute Gasteiger partial charge is 0.277 e. The highest BCUT2D eigenvalue weighted by Crippen LogP contribution is 2.10. The quantitative estimate of drug-likeness (QED) is 0.644. The first-order valence-corrected chi connectivity index (χ1v) is 7.10. The van der Waals surface area contributed by atoms with Gasteiger partial charge in [0.25, 0.3) is 11.5 Å². The third-order valence-corrected chi connectivity index (χ3v) is 3.30. The number of aromatic amines is 2. The van der Waals surface area contributed by atoms with Crippen LogP contribution < -0.4 is 16.3 Å². The summed E-state index contributed by atoms with van der Waals surface area (Å²) in [5.41, 5.74) is 0.0972. The molecule has 0 atom stereocenters. The lowest BCUT2D eigenvalue weighted by molar-refractivity contribution is 0.0948. The molecule has 0 radical (unpaired) electrons. The van der Waals surface area contributed by atoms with Gasteiger partial charge in [0.05, 0.1) is 23.5 Å². The molecule has 1 amide bonds. The molecule has 3 aromatic rings. The number of nitrogens with zero attached hydrogens (tertiary/aromatic N) is 2. The van der Waals surface area contributed by atoms with Crippen LogP contribution in [-0.4, -0.2) is 26.1 Å². The molecule has 0 spiro atoms. The highest BCUT2D eigenvalue weighted by Gasteiger charge is 2.14. The Labute approximate surface area is 135 Å². The molecule has 120 valence electrons. The summed E-state index contributed by atoms with van der Waals surface area (Å²) in [4.78, 5) is 42.8. The number of amides is 1. The zero-order valence-corrected chi connectivity index (χ0v) is 12.4. The van der Waals surface area contributed by atoms with Gasteiger partial charge in [-0.05, 0) is 18.2 Å². The Morgan fingerprint density at radius 3 is 2.83 bits per heavy atom. The molecule has 0 aromatic carbocycles. The normalized spacial score (nSPS) is 10.3. The topological polar surface area (TPSA) is 121 Å². The number of H-pyrrole nitrogens is 2. The Bertz CT molecular complexity index is 979. The predicted molar refractivity (Wildman–Crippen MR) is 86.3 cm³/mol. The van der Waals surface area contributed by atoms with Crippen LogP contribution in [-0.2, 0) is 6.54 Å². The minimum absolute atomic E-state index is 0.126. The third-order valence-electron chi connectivity index (χ3n) is 3.30. The second-order valence-electron chi connectivity index (χ2n) is 4.92. The molecule has 0 aliphatic carbocycles. The average molecular weight is 323 g/mol. The molecular formula is C16H13N5O3. The van der Waals surface area contributed by atoms with Crippen LogP contribution in [0.5, 0.6) is 0 Å². The van der Waals surface area contributed by atoms with Gasteiger partial charge in [-0.1, -0.05) is 6.07 Å². The van der Waals surface area contributed by atoms with Crippen molar-refractivity contribution >= 4 is 5.91 Å². The molecule has 3 heterocycles. The van der Waals surface area contributed by atoms with Crippen LogP contribution in [0.1, 0.15) is 16.1 Å². The Kier molecular flexibility index (Phi) is 4.28. The van der Waals surface area contributed by atoms with Gasteiger partial charge in [0.2, 0.25) is 0 Å². The molecule has 0 aliphatic rings. The van der Waals surface area contributed by atoms with Gasteiger partial charge in [0.1, 0.15) is 5.56 Å². The number of carbonyl (C=O) groups excluding carboxylic acids is 1. The highest BCUT2D eigenvalue weighted by atomic mass is 16.2. The second-order valence-corrected chi connectivity index (χ2v) is 4.92. The van der Waals surface area contributed by atoms with Crippen molar-refractivity contribution < 1.29 is 4.79 Å². The van der Waals surface area contributed by atoms with Crippen molar-refractivity contribution in [1.29, 1.82) is 0 Å². The van der Waals surface area contributed by atoms with E-state index in [1.807, 2.05) is 0 Å². The van der Waals surface area contributed by atoms with Gasteiger partial charge in [-0.25, -0.2) is 5.10 Å². The molecule has 0 bridgehead atoms. The van der Waals surface area contributed by atoms with Gasteiger partial charge >= 0.3 is 0 Å². The first kappa shape index (κ1) is 15.3. The maximum atomic E-state index is 12.2. The summed E-state index contributed by atoms with van der Waals surface area (Å²) in [6, 6.07) is 7.95. The van der Waals surface area contributed by atoms with E-state index in [1.165, 1.54) is 24.5 Å². The monoisotopic (exact) mass is 323 g/mol. The first-order chi connectivity index (χ1) is 11.6. The Morgan fingerprint density at radius 1 is 1.21 bits per heavy atom. The lowest BCUT2D eigenvalue weighted by Gasteiger charge is -2.05. The Morgan fingerprint density at radius 2 is 2.08 bits per heavy atom. The molecule has 8 heteroatoms. The third kappa shape index (κ3) is 3.27. The van der Waals surface area contributed by atoms with E-state index in [0.717, 1.165) is 0 Å². The van der Waals surface area contributed by atoms with Crippen molar-refractivity contribution in [2.75, 3.05) is 0 Å². The fraction of sp³-hybridized carbons (Fsp3) is 0.0625. The lowest BCUT2D eigenvalue weighted by atomic mass is 10.1. The maximum absolute atomic E-state index is 12.2. The first-order valence-electron chi connectivity index (χ1n) is 7.10. The van der Waals surface area contributed by atoms with E-state index < -0.39 is 11.5 Å². The van der Waals surface area contributed by atoms with Gasteiger partial charge in [-0.2, -0.15) is 5.10 Å². The van der Waals surface area contributed by atoms with Crippen molar-refractivity contribution in [2.24, 2.45) is 0 Å². The summed E-state index contributed by atoms with van der Waals surface area (Å²) in [6.45, 7) is 0.183. The number of nitrogens with one attached hydrogen (secondary N) is 3. The maximum Gasteiger partial charge on any atom is 0.277 e. The van der Waals surface area contributed by atoms with Crippen molar-refractivity contribution in [3.63, 3.8) is 0 Å². The summed E-state index contributed by atoms with van der Waals surface area (Å²) in [6.07, 6.45) is 4.55. The molecule has 8 nitrogen and oxygen atoms in total. The van der Waals surface area contributed by atoms with Gasteiger partial charge in [-0.3, -0.25) is 19.4 Å². The Hall–Kier alpha value is -3.55. The van der Waals surface area contributed by atoms with Crippen LogP contribution in [0.2, 0.25) is 0 Å². The molecule has 3 aromatic heterocycles. The SMILES string of the molecule is O=C(NCc1ccccn1)c1cc(-c2c[nH]ccc2=O)n[nH]c1=O. The van der Waals surface area contributed by atoms with E-state index in [4.69, 9.17) is 0 Å². The highest BCUT2D eigenvalue weighted by molar-refractivity contribution is 5.94. The van der Waals surface area contributed by atoms with E-state index >= 15 is 0 Å². The van der Waals surface area contributed by atoms with Crippen LogP contribution in [0.15, 0.2) is 58.5 Å². The van der Waals surface area contributed by atoms with E-state index in [0.29, 0.717) is 5.69 Å². The zero-order valence-electron chi connectivity index (χ0n) is 12.4. The standard InChI is InChI=1S/C16H13N5O3/c22-14-4-6-17-9-12(14)13-7-11(16(24)21-20-13)15(23)19-8-10-3-1-2-5-18-10/h1-7,9H,8H2,(H,17,22)(H,19,23)(H,21,24). The predicted octanol–water partition coefficient (Wildman–Crippen LogP) is 0.450. The second kappa shape index (κ2) is 6.69. The molecular weight excluding hydrogens is 310 g/mol. The summed E-state index contributed by atoms with van der Waals surface area (Å²) in [5.74, 6) is -0.571. The summed E-state index contributed by atoms with van der Waals surface area (Å²) in [5, 5.41) is 8.67. The lowest BCUT2D eigenvalue weighted by Crippen LogP contribution is -2.30. The fourth-order valence-electron chi connectivity index (χ4n) is 2.10. The number of hydrogen-bond acceptors (Lipinski definition) is 5. The van der Waals surface area contributed by atoms with Crippen LogP contribution in [0, 0.1) is 0 Å². The minimum atomic E-state index is -0.635. The van der Waals surface area contributed by atoms with Crippen molar-refractivity contribution in [3.05, 3.63) is 80.8 Å². The largest absolute Gasteiger partial charge is 0.367 e. The molecule has 0 saturated carbocycles. The van der Waals surface area contributed by atoms with E-state index in [2.05, 4.69) is 25.5 Å². The van der Waals surface area contributed by atoms with Crippen molar-refractivity contribution in [3.8, 4) is 11.3 Å². The number of aromatic nitrogens is 4. The molecule has 3 N–H and O–H groups in total. The van der Waals surface area contributed by atoms with E-state index in [1.54, 1.807) is 24.4 Å². The Balaban J connectivity index is 1.86. The number of hydrogen-bond donors (Lipinski definition) is 3. The fourth-order valence-corrected chi connectivity index (χ4v) is 2.10.